The zero-order valence-corrected chi connectivity index (χ0v) is 12.1. The molecule has 2 rings (SSSR count). The molecule has 0 aliphatic carbocycles. The fourth-order valence-electron chi connectivity index (χ4n) is 2.30. The van der Waals surface area contributed by atoms with Crippen LogP contribution in [0, 0.1) is 0 Å². The number of cyclic esters (lactones) is 2. The van der Waals surface area contributed by atoms with Crippen molar-refractivity contribution >= 4 is 22.1 Å². The summed E-state index contributed by atoms with van der Waals surface area (Å²) in [6, 6.07) is 0. The zero-order valence-electron chi connectivity index (χ0n) is 10.5. The number of hydrogen-bond donors (Lipinski definition) is 0. The lowest BCUT2D eigenvalue weighted by atomic mass is 10.0. The molecule has 5 heteroatoms. The summed E-state index contributed by atoms with van der Waals surface area (Å²) in [5.74, 6) is 0. The highest BCUT2D eigenvalue weighted by Crippen LogP contribution is 2.26. The van der Waals surface area contributed by atoms with E-state index in [0.717, 1.165) is 19.3 Å². The molecule has 0 amide bonds. The molecule has 102 valence electrons. The molecule has 4 atom stereocenters. The van der Waals surface area contributed by atoms with Crippen LogP contribution in [0.2, 0.25) is 0 Å². The van der Waals surface area contributed by atoms with E-state index in [2.05, 4.69) is 35.0 Å². The molecule has 2 heterocycles. The highest BCUT2D eigenvalue weighted by molar-refractivity contribution is 9.09. The minimum absolute atomic E-state index is 0.0700. The molecule has 0 bridgehead atoms. The predicted octanol–water partition coefficient (Wildman–Crippen LogP) is 3.19. The lowest BCUT2D eigenvalue weighted by Gasteiger charge is -2.34. The molecule has 0 spiro atoms. The third-order valence-corrected chi connectivity index (χ3v) is 4.30. The normalized spacial score (nSPS) is 39.1. The number of alkyl halides is 1. The van der Waals surface area contributed by atoms with Crippen molar-refractivity contribution < 1.29 is 19.0 Å². The maximum absolute atomic E-state index is 11.2. The van der Waals surface area contributed by atoms with Gasteiger partial charge in [0.25, 0.3) is 0 Å². The summed E-state index contributed by atoms with van der Waals surface area (Å²) in [7, 11) is 0. The van der Waals surface area contributed by atoms with Crippen LogP contribution >= 0.6 is 15.9 Å². The van der Waals surface area contributed by atoms with Crippen molar-refractivity contribution in [2.45, 2.75) is 55.7 Å². The quantitative estimate of drug-likeness (QED) is 0.445. The molecule has 0 aromatic rings. The molecular weight excluding hydrogens is 300 g/mol. The van der Waals surface area contributed by atoms with Crippen molar-refractivity contribution in [2.75, 3.05) is 6.61 Å². The van der Waals surface area contributed by atoms with Gasteiger partial charge in [0.15, 0.2) is 0 Å². The molecule has 0 N–H and O–H groups in total. The van der Waals surface area contributed by atoms with Crippen LogP contribution in [-0.4, -0.2) is 35.9 Å². The van der Waals surface area contributed by atoms with E-state index in [1.54, 1.807) is 0 Å². The molecule has 0 aromatic carbocycles. The Morgan fingerprint density at radius 1 is 1.33 bits per heavy atom. The molecule has 2 aliphatic rings. The predicted molar refractivity (Wildman–Crippen MR) is 70.9 cm³/mol. The third-order valence-electron chi connectivity index (χ3n) is 3.34. The molecule has 4 nitrogen and oxygen atoms in total. The number of carbonyl (C=O) groups excluding carboxylic acids is 1. The summed E-state index contributed by atoms with van der Waals surface area (Å²) in [6.07, 6.45) is 6.98. The van der Waals surface area contributed by atoms with Crippen LogP contribution in [0.1, 0.15) is 32.6 Å². The molecule has 1 saturated heterocycles. The second-order valence-corrected chi connectivity index (χ2v) is 5.80. The Balaban J connectivity index is 2.03. The number of ether oxygens (including phenoxy) is 3. The van der Waals surface area contributed by atoms with E-state index in [1.807, 2.05) is 0 Å². The standard InChI is InChI=1S/C13H19BrO4/c1-2-10-9(14)5-3-4-6-11(17-10)12-7-8-16-13(15)18-12/h3-4,9-12H,2,5-8H2,1H3/b4-3-/t9-,10+,11+,12+/m0/s1. The van der Waals surface area contributed by atoms with E-state index in [1.165, 1.54) is 0 Å². The Kier molecular flexibility index (Phi) is 5.06. The van der Waals surface area contributed by atoms with E-state index in [0.29, 0.717) is 17.9 Å². The second kappa shape index (κ2) is 6.57. The first-order chi connectivity index (χ1) is 8.70. The van der Waals surface area contributed by atoms with E-state index in [4.69, 9.17) is 14.2 Å². The van der Waals surface area contributed by atoms with Gasteiger partial charge in [-0.1, -0.05) is 35.0 Å². The summed E-state index contributed by atoms with van der Waals surface area (Å²) in [6.45, 7) is 2.53. The van der Waals surface area contributed by atoms with Gasteiger partial charge in [-0.3, -0.25) is 0 Å². The molecule has 2 aliphatic heterocycles. The summed E-state index contributed by atoms with van der Waals surface area (Å²) in [5, 5.41) is 0. The van der Waals surface area contributed by atoms with Crippen LogP contribution in [0.5, 0.6) is 0 Å². The van der Waals surface area contributed by atoms with Gasteiger partial charge in [-0.05, 0) is 19.3 Å². The maximum atomic E-state index is 11.2. The average molecular weight is 319 g/mol. The maximum Gasteiger partial charge on any atom is 0.508 e. The minimum Gasteiger partial charge on any atom is -0.434 e. The Morgan fingerprint density at radius 2 is 2.11 bits per heavy atom. The zero-order chi connectivity index (χ0) is 13.0. The van der Waals surface area contributed by atoms with Crippen molar-refractivity contribution in [1.29, 1.82) is 0 Å². The number of allylic oxidation sites excluding steroid dienone is 1. The van der Waals surface area contributed by atoms with E-state index < -0.39 is 6.16 Å². The molecular formula is C13H19BrO4. The summed E-state index contributed by atoms with van der Waals surface area (Å²) >= 11 is 3.65. The molecule has 0 radical (unpaired) electrons. The Morgan fingerprint density at radius 3 is 2.83 bits per heavy atom. The van der Waals surface area contributed by atoms with Crippen LogP contribution in [0.15, 0.2) is 12.2 Å². The van der Waals surface area contributed by atoms with Crippen LogP contribution < -0.4 is 0 Å². The van der Waals surface area contributed by atoms with Gasteiger partial charge in [-0.15, -0.1) is 0 Å². The average Bonchev–Trinajstić information content (AvgIpc) is 2.35. The first-order valence-electron chi connectivity index (χ1n) is 6.48. The number of rotatable bonds is 2. The fraction of sp³-hybridized carbons (Fsp3) is 0.769. The van der Waals surface area contributed by atoms with Crippen LogP contribution in [0.25, 0.3) is 0 Å². The monoisotopic (exact) mass is 318 g/mol. The number of carbonyl (C=O) groups is 1. The lowest BCUT2D eigenvalue weighted by Crippen LogP contribution is -2.42. The van der Waals surface area contributed by atoms with Crippen molar-refractivity contribution in [3.63, 3.8) is 0 Å². The third kappa shape index (κ3) is 3.48. The van der Waals surface area contributed by atoms with E-state index in [9.17, 15) is 4.79 Å². The van der Waals surface area contributed by atoms with Crippen LogP contribution in [0.3, 0.4) is 0 Å². The molecule has 18 heavy (non-hydrogen) atoms. The van der Waals surface area contributed by atoms with Gasteiger partial charge in [0, 0.05) is 11.2 Å². The van der Waals surface area contributed by atoms with Gasteiger partial charge < -0.3 is 14.2 Å². The van der Waals surface area contributed by atoms with Gasteiger partial charge in [-0.2, -0.15) is 0 Å². The largest absolute Gasteiger partial charge is 0.508 e. The highest BCUT2D eigenvalue weighted by Gasteiger charge is 2.33. The summed E-state index contributed by atoms with van der Waals surface area (Å²) in [5.41, 5.74) is 0. The summed E-state index contributed by atoms with van der Waals surface area (Å²) in [4.78, 5) is 11.5. The fourth-order valence-corrected chi connectivity index (χ4v) is 3.02. The Bertz CT molecular complexity index is 318. The van der Waals surface area contributed by atoms with Crippen molar-refractivity contribution in [3.05, 3.63) is 12.2 Å². The van der Waals surface area contributed by atoms with Gasteiger partial charge in [0.1, 0.15) is 6.10 Å². The highest BCUT2D eigenvalue weighted by atomic mass is 79.9. The van der Waals surface area contributed by atoms with Crippen molar-refractivity contribution in [2.24, 2.45) is 0 Å². The lowest BCUT2D eigenvalue weighted by molar-refractivity contribution is -0.115. The first-order valence-corrected chi connectivity index (χ1v) is 7.40. The molecule has 0 saturated carbocycles. The topological polar surface area (TPSA) is 44.8 Å². The SMILES string of the molecule is CC[C@H]1O[C@@H]([C@H]2CCOC(=O)O2)C/C=C\C[C@@H]1Br. The van der Waals surface area contributed by atoms with Crippen LogP contribution in [0.4, 0.5) is 4.79 Å². The van der Waals surface area contributed by atoms with Gasteiger partial charge in [0.05, 0.1) is 18.8 Å². The summed E-state index contributed by atoms with van der Waals surface area (Å²) < 4.78 is 16.1. The number of hydrogen-bond acceptors (Lipinski definition) is 4. The van der Waals surface area contributed by atoms with Crippen LogP contribution in [-0.2, 0) is 14.2 Å². The second-order valence-electron chi connectivity index (χ2n) is 4.62. The van der Waals surface area contributed by atoms with E-state index in [-0.39, 0.29) is 18.3 Å². The molecule has 0 unspecified atom stereocenters. The first kappa shape index (κ1) is 13.9. The molecule has 1 fully saturated rings. The Hall–Kier alpha value is -0.550. The van der Waals surface area contributed by atoms with Crippen molar-refractivity contribution in [1.82, 2.24) is 0 Å². The van der Waals surface area contributed by atoms with Gasteiger partial charge in [0.2, 0.25) is 0 Å². The molecule has 0 aromatic heterocycles. The number of halogens is 1. The van der Waals surface area contributed by atoms with Gasteiger partial charge >= 0.3 is 6.16 Å². The van der Waals surface area contributed by atoms with Crippen molar-refractivity contribution in [3.8, 4) is 0 Å². The Labute approximate surface area is 116 Å². The smallest absolute Gasteiger partial charge is 0.434 e. The minimum atomic E-state index is -0.579. The van der Waals surface area contributed by atoms with E-state index >= 15 is 0 Å². The van der Waals surface area contributed by atoms with Gasteiger partial charge in [-0.25, -0.2) is 4.79 Å².